The fraction of sp³-hybridized carbons (Fsp3) is 0.0952. The molecule has 0 aliphatic rings. The summed E-state index contributed by atoms with van der Waals surface area (Å²) in [5, 5.41) is 2.80. The van der Waals surface area contributed by atoms with Gasteiger partial charge in [0, 0.05) is 12.1 Å². The highest BCUT2D eigenvalue weighted by atomic mass is 32.2. The van der Waals surface area contributed by atoms with Gasteiger partial charge in [-0.3, -0.25) is 9.52 Å². The Bertz CT molecular complexity index is 1050. The Morgan fingerprint density at radius 3 is 2.33 bits per heavy atom. The van der Waals surface area contributed by atoms with E-state index in [2.05, 4.69) is 10.0 Å². The van der Waals surface area contributed by atoms with Gasteiger partial charge in [-0.2, -0.15) is 0 Å². The van der Waals surface area contributed by atoms with Crippen LogP contribution in [0, 0.1) is 6.92 Å². The first-order valence-corrected chi connectivity index (χ1v) is 9.95. The molecule has 0 heterocycles. The van der Waals surface area contributed by atoms with Crippen LogP contribution >= 0.6 is 0 Å². The molecule has 3 aromatic rings. The maximum atomic E-state index is 12.7. The second kappa shape index (κ2) is 8.05. The molecular weight excluding hydrogens is 360 g/mol. The molecule has 0 spiro atoms. The van der Waals surface area contributed by atoms with Crippen molar-refractivity contribution >= 4 is 21.6 Å². The number of benzene rings is 3. The van der Waals surface area contributed by atoms with Crippen LogP contribution in [0.3, 0.4) is 0 Å². The summed E-state index contributed by atoms with van der Waals surface area (Å²) in [6.45, 7) is 2.20. The average Bonchev–Trinajstić information content (AvgIpc) is 2.69. The first-order chi connectivity index (χ1) is 13.0. The highest BCUT2D eigenvalue weighted by Gasteiger charge is 2.17. The minimum absolute atomic E-state index is 0.0399. The molecular formula is C21H20N2O3S. The van der Waals surface area contributed by atoms with Crippen LogP contribution in [-0.2, 0) is 16.6 Å². The van der Waals surface area contributed by atoms with Gasteiger partial charge in [0.1, 0.15) is 0 Å². The molecule has 0 aliphatic heterocycles. The van der Waals surface area contributed by atoms with E-state index in [1.54, 1.807) is 24.3 Å². The largest absolute Gasteiger partial charge is 0.348 e. The second-order valence-corrected chi connectivity index (χ2v) is 7.80. The molecule has 6 heteroatoms. The van der Waals surface area contributed by atoms with E-state index in [-0.39, 0.29) is 10.8 Å². The molecule has 0 aromatic heterocycles. The van der Waals surface area contributed by atoms with E-state index in [9.17, 15) is 13.2 Å². The van der Waals surface area contributed by atoms with E-state index in [1.807, 2.05) is 49.4 Å². The van der Waals surface area contributed by atoms with Crippen molar-refractivity contribution in [3.05, 3.63) is 95.6 Å². The molecule has 0 saturated heterocycles. The molecule has 0 unspecified atom stereocenters. The molecule has 3 aromatic carbocycles. The van der Waals surface area contributed by atoms with Crippen LogP contribution < -0.4 is 10.0 Å². The first-order valence-electron chi connectivity index (χ1n) is 8.46. The van der Waals surface area contributed by atoms with Gasteiger partial charge in [-0.25, -0.2) is 8.42 Å². The van der Waals surface area contributed by atoms with Crippen LogP contribution in [0.4, 0.5) is 5.69 Å². The Morgan fingerprint density at radius 1 is 0.889 bits per heavy atom. The molecule has 27 heavy (non-hydrogen) atoms. The third kappa shape index (κ3) is 4.74. The van der Waals surface area contributed by atoms with Gasteiger partial charge >= 0.3 is 0 Å². The first kappa shape index (κ1) is 18.7. The van der Waals surface area contributed by atoms with E-state index < -0.39 is 10.0 Å². The summed E-state index contributed by atoms with van der Waals surface area (Å²) in [5.74, 6) is -0.327. The highest BCUT2D eigenvalue weighted by Crippen LogP contribution is 2.20. The topological polar surface area (TPSA) is 75.3 Å². The average molecular weight is 380 g/mol. The standard InChI is InChI=1S/C21H20N2O3S/c1-16-8-5-6-13-20(16)23-27(25,26)19-12-7-11-18(14-19)21(24)22-15-17-9-3-2-4-10-17/h2-14,23H,15H2,1H3,(H,22,24). The lowest BCUT2D eigenvalue weighted by Crippen LogP contribution is -2.23. The lowest BCUT2D eigenvalue weighted by Gasteiger charge is -2.11. The van der Waals surface area contributed by atoms with Crippen LogP contribution in [0.15, 0.2) is 83.8 Å². The predicted molar refractivity (Wildman–Crippen MR) is 106 cm³/mol. The molecule has 0 saturated carbocycles. The van der Waals surface area contributed by atoms with Crippen molar-refractivity contribution in [1.82, 2.24) is 5.32 Å². The molecule has 0 fully saturated rings. The highest BCUT2D eigenvalue weighted by molar-refractivity contribution is 7.92. The molecule has 5 nitrogen and oxygen atoms in total. The summed E-state index contributed by atoms with van der Waals surface area (Å²) in [5.41, 5.74) is 2.59. The van der Waals surface area contributed by atoms with E-state index in [0.29, 0.717) is 17.8 Å². The normalized spacial score (nSPS) is 11.0. The van der Waals surface area contributed by atoms with Crippen LogP contribution in [0.2, 0.25) is 0 Å². The van der Waals surface area contributed by atoms with Gasteiger partial charge in [0.25, 0.3) is 15.9 Å². The summed E-state index contributed by atoms with van der Waals surface area (Å²) in [4.78, 5) is 12.4. The third-order valence-electron chi connectivity index (χ3n) is 4.09. The zero-order valence-corrected chi connectivity index (χ0v) is 15.7. The number of carbonyl (C=O) groups excluding carboxylic acids is 1. The maximum Gasteiger partial charge on any atom is 0.261 e. The minimum Gasteiger partial charge on any atom is -0.348 e. The van der Waals surface area contributed by atoms with Crippen LogP contribution in [0.25, 0.3) is 0 Å². The van der Waals surface area contributed by atoms with Gasteiger partial charge in [0.15, 0.2) is 0 Å². The number of sulfonamides is 1. The number of carbonyl (C=O) groups is 1. The molecule has 2 N–H and O–H groups in total. The summed E-state index contributed by atoms with van der Waals surface area (Å²) < 4.78 is 27.9. The summed E-state index contributed by atoms with van der Waals surface area (Å²) in [7, 11) is -3.79. The Kier molecular flexibility index (Phi) is 5.57. The van der Waals surface area contributed by atoms with Crippen molar-refractivity contribution in [3.8, 4) is 0 Å². The lowest BCUT2D eigenvalue weighted by atomic mass is 10.2. The second-order valence-electron chi connectivity index (χ2n) is 6.12. The monoisotopic (exact) mass is 380 g/mol. The number of aryl methyl sites for hydroxylation is 1. The van der Waals surface area contributed by atoms with E-state index >= 15 is 0 Å². The number of hydrogen-bond acceptors (Lipinski definition) is 3. The zero-order valence-electron chi connectivity index (χ0n) is 14.8. The molecule has 0 aliphatic carbocycles. The molecule has 0 atom stereocenters. The molecule has 3 rings (SSSR count). The van der Waals surface area contributed by atoms with Crippen molar-refractivity contribution in [2.45, 2.75) is 18.4 Å². The van der Waals surface area contributed by atoms with Crippen molar-refractivity contribution in [1.29, 1.82) is 0 Å². The van der Waals surface area contributed by atoms with Gasteiger partial charge < -0.3 is 5.32 Å². The predicted octanol–water partition coefficient (Wildman–Crippen LogP) is 3.73. The Hall–Kier alpha value is -3.12. The number of para-hydroxylation sites is 1. The molecule has 138 valence electrons. The van der Waals surface area contributed by atoms with Crippen molar-refractivity contribution in [2.24, 2.45) is 0 Å². The van der Waals surface area contributed by atoms with Crippen molar-refractivity contribution < 1.29 is 13.2 Å². The van der Waals surface area contributed by atoms with Gasteiger partial charge in [-0.05, 0) is 42.3 Å². The van der Waals surface area contributed by atoms with Crippen LogP contribution in [-0.4, -0.2) is 14.3 Å². The van der Waals surface area contributed by atoms with Gasteiger partial charge in [-0.15, -0.1) is 0 Å². The molecule has 1 amide bonds. The van der Waals surface area contributed by atoms with Crippen molar-refractivity contribution in [2.75, 3.05) is 4.72 Å². The fourth-order valence-corrected chi connectivity index (χ4v) is 3.75. The smallest absolute Gasteiger partial charge is 0.261 e. The maximum absolute atomic E-state index is 12.7. The Labute approximate surface area is 159 Å². The fourth-order valence-electron chi connectivity index (χ4n) is 2.58. The van der Waals surface area contributed by atoms with Gasteiger partial charge in [0.2, 0.25) is 0 Å². The van der Waals surface area contributed by atoms with Gasteiger partial charge in [0.05, 0.1) is 10.6 Å². The summed E-state index contributed by atoms with van der Waals surface area (Å²) >= 11 is 0. The third-order valence-corrected chi connectivity index (χ3v) is 5.45. The SMILES string of the molecule is Cc1ccccc1NS(=O)(=O)c1cccc(C(=O)NCc2ccccc2)c1. The molecule has 0 bridgehead atoms. The number of rotatable bonds is 6. The van der Waals surface area contributed by atoms with E-state index in [1.165, 1.54) is 12.1 Å². The van der Waals surface area contributed by atoms with E-state index in [4.69, 9.17) is 0 Å². The minimum atomic E-state index is -3.79. The number of hydrogen-bond donors (Lipinski definition) is 2. The van der Waals surface area contributed by atoms with Crippen LogP contribution in [0.5, 0.6) is 0 Å². The number of nitrogens with one attached hydrogen (secondary N) is 2. The Morgan fingerprint density at radius 2 is 1.59 bits per heavy atom. The van der Waals surface area contributed by atoms with E-state index in [0.717, 1.165) is 11.1 Å². The van der Waals surface area contributed by atoms with Crippen LogP contribution in [0.1, 0.15) is 21.5 Å². The summed E-state index contributed by atoms with van der Waals surface area (Å²) in [6, 6.07) is 22.6. The lowest BCUT2D eigenvalue weighted by molar-refractivity contribution is 0.0950. The zero-order chi connectivity index (χ0) is 19.3. The van der Waals surface area contributed by atoms with Crippen molar-refractivity contribution in [3.63, 3.8) is 0 Å². The Balaban J connectivity index is 1.76. The quantitative estimate of drug-likeness (QED) is 0.684. The number of amides is 1. The molecule has 0 radical (unpaired) electrons. The van der Waals surface area contributed by atoms with Gasteiger partial charge in [-0.1, -0.05) is 54.6 Å². The summed E-state index contributed by atoms with van der Waals surface area (Å²) in [6.07, 6.45) is 0. The number of anilines is 1.